The maximum atomic E-state index is 12.9. The van der Waals surface area contributed by atoms with Crippen LogP contribution in [0.25, 0.3) is 10.6 Å². The van der Waals surface area contributed by atoms with Gasteiger partial charge in [-0.05, 0) is 12.8 Å². The van der Waals surface area contributed by atoms with Gasteiger partial charge >= 0.3 is 6.03 Å². The second-order valence-electron chi connectivity index (χ2n) is 9.45. The first kappa shape index (κ1) is 23.0. The minimum atomic E-state index is -0.722. The molecule has 2 saturated heterocycles. The van der Waals surface area contributed by atoms with E-state index in [9.17, 15) is 14.4 Å². The van der Waals surface area contributed by atoms with Crippen LogP contribution in [0.3, 0.4) is 0 Å². The number of amides is 4. The zero-order valence-electron chi connectivity index (χ0n) is 19.4. The number of benzene rings is 1. The number of imide groups is 1. The summed E-state index contributed by atoms with van der Waals surface area (Å²) >= 11 is 1.66. The summed E-state index contributed by atoms with van der Waals surface area (Å²) in [5.74, 6) is -0.141. The molecule has 8 nitrogen and oxygen atoms in total. The Balaban J connectivity index is 1.08. The maximum absolute atomic E-state index is 12.9. The molecule has 1 spiro atoms. The molecule has 0 unspecified atom stereocenters. The van der Waals surface area contributed by atoms with Gasteiger partial charge < -0.3 is 10.2 Å². The number of thiazole rings is 1. The van der Waals surface area contributed by atoms with Crippen molar-refractivity contribution >= 4 is 29.2 Å². The van der Waals surface area contributed by atoms with Gasteiger partial charge in [0.05, 0.1) is 5.69 Å². The van der Waals surface area contributed by atoms with Crippen molar-refractivity contribution in [1.29, 1.82) is 0 Å². The molecule has 0 radical (unpaired) electrons. The van der Waals surface area contributed by atoms with Crippen LogP contribution in [0.4, 0.5) is 4.79 Å². The minimum Gasteiger partial charge on any atom is -0.340 e. The van der Waals surface area contributed by atoms with Crippen molar-refractivity contribution in [2.24, 2.45) is 0 Å². The molecule has 4 amide bonds. The van der Waals surface area contributed by atoms with Crippen LogP contribution in [0.2, 0.25) is 0 Å². The van der Waals surface area contributed by atoms with Crippen LogP contribution < -0.4 is 5.32 Å². The Bertz CT molecular complexity index is 1040. The molecule has 1 aromatic heterocycles. The molecule has 180 valence electrons. The van der Waals surface area contributed by atoms with Crippen LogP contribution in [0.15, 0.2) is 35.7 Å². The van der Waals surface area contributed by atoms with E-state index < -0.39 is 5.54 Å². The average molecular weight is 482 g/mol. The van der Waals surface area contributed by atoms with E-state index in [1.165, 1.54) is 4.90 Å². The van der Waals surface area contributed by atoms with Crippen molar-refractivity contribution in [3.8, 4) is 10.6 Å². The van der Waals surface area contributed by atoms with E-state index in [-0.39, 0.29) is 30.8 Å². The van der Waals surface area contributed by atoms with Gasteiger partial charge in [0.2, 0.25) is 5.91 Å². The zero-order chi connectivity index (χ0) is 23.5. The van der Waals surface area contributed by atoms with Crippen LogP contribution in [0.1, 0.15) is 44.2 Å². The summed E-state index contributed by atoms with van der Waals surface area (Å²) < 4.78 is 0. The minimum absolute atomic E-state index is 0.00451. The third-order valence-corrected chi connectivity index (χ3v) is 8.13. The molecular formula is C25H31N5O3S. The van der Waals surface area contributed by atoms with Crippen LogP contribution in [0, 0.1) is 0 Å². The monoisotopic (exact) mass is 481 g/mol. The first-order valence-electron chi connectivity index (χ1n) is 12.2. The van der Waals surface area contributed by atoms with Crippen molar-refractivity contribution in [2.45, 2.75) is 50.6 Å². The highest BCUT2D eigenvalue weighted by Gasteiger charge is 2.51. The number of urea groups is 1. The van der Waals surface area contributed by atoms with Gasteiger partial charge in [-0.3, -0.25) is 19.4 Å². The lowest BCUT2D eigenvalue weighted by molar-refractivity contribution is -0.135. The molecule has 2 aliphatic heterocycles. The summed E-state index contributed by atoms with van der Waals surface area (Å²) in [4.78, 5) is 48.3. The molecule has 3 heterocycles. The van der Waals surface area contributed by atoms with Gasteiger partial charge in [0.25, 0.3) is 5.91 Å². The number of rotatable bonds is 6. The van der Waals surface area contributed by atoms with E-state index in [0.29, 0.717) is 25.9 Å². The molecule has 5 rings (SSSR count). The standard InChI is InChI=1S/C25H31N5O3S/c31-21(9-12-30-23(32)25(27-24(30)33)10-5-2-6-11-25)29-15-13-28(14-16-29)17-20-18-34-22(26-20)19-7-3-1-4-8-19/h1,3-4,7-8,18H,2,5-6,9-17H2,(H,27,33). The Morgan fingerprint density at radius 3 is 2.50 bits per heavy atom. The zero-order valence-corrected chi connectivity index (χ0v) is 20.2. The number of hydrogen-bond donors (Lipinski definition) is 1. The van der Waals surface area contributed by atoms with E-state index in [4.69, 9.17) is 4.98 Å². The Morgan fingerprint density at radius 1 is 1.03 bits per heavy atom. The van der Waals surface area contributed by atoms with Gasteiger partial charge in [-0.15, -0.1) is 11.3 Å². The Labute approximate surface area is 203 Å². The summed E-state index contributed by atoms with van der Waals surface area (Å²) in [5, 5.41) is 6.05. The van der Waals surface area contributed by atoms with Gasteiger partial charge in [-0.1, -0.05) is 49.6 Å². The van der Waals surface area contributed by atoms with Crippen molar-refractivity contribution < 1.29 is 14.4 Å². The SMILES string of the molecule is O=C(CCN1C(=O)NC2(CCCCC2)C1=O)N1CCN(Cc2csc(-c3ccccc3)n2)CC1. The van der Waals surface area contributed by atoms with Crippen molar-refractivity contribution in [3.05, 3.63) is 41.4 Å². The quantitative estimate of drug-likeness (QED) is 0.641. The van der Waals surface area contributed by atoms with Crippen LogP contribution in [-0.4, -0.2) is 75.8 Å². The Morgan fingerprint density at radius 2 is 1.76 bits per heavy atom. The first-order valence-corrected chi connectivity index (χ1v) is 13.1. The normalized spacial score (nSPS) is 20.7. The molecular weight excluding hydrogens is 450 g/mol. The Hall–Kier alpha value is -2.78. The molecule has 1 N–H and O–H groups in total. The van der Waals surface area contributed by atoms with Crippen molar-refractivity contribution in [1.82, 2.24) is 25.0 Å². The molecule has 9 heteroatoms. The number of hydrogen-bond acceptors (Lipinski definition) is 6. The highest BCUT2D eigenvalue weighted by molar-refractivity contribution is 7.13. The molecule has 3 fully saturated rings. The van der Waals surface area contributed by atoms with Crippen LogP contribution >= 0.6 is 11.3 Å². The highest BCUT2D eigenvalue weighted by Crippen LogP contribution is 2.33. The van der Waals surface area contributed by atoms with E-state index in [1.807, 2.05) is 23.1 Å². The fourth-order valence-electron chi connectivity index (χ4n) is 5.22. The van der Waals surface area contributed by atoms with Gasteiger partial charge in [0.1, 0.15) is 10.5 Å². The Kier molecular flexibility index (Phi) is 6.65. The predicted molar refractivity (Wildman–Crippen MR) is 130 cm³/mol. The molecule has 1 aromatic carbocycles. The number of piperazine rings is 1. The maximum Gasteiger partial charge on any atom is 0.325 e. The fraction of sp³-hybridized carbons (Fsp3) is 0.520. The number of carbonyl (C=O) groups excluding carboxylic acids is 3. The summed E-state index contributed by atoms with van der Waals surface area (Å²) in [5.41, 5.74) is 1.47. The molecule has 1 saturated carbocycles. The summed E-state index contributed by atoms with van der Waals surface area (Å²) in [6.45, 7) is 3.81. The molecule has 34 heavy (non-hydrogen) atoms. The molecule has 2 aromatic rings. The van der Waals surface area contributed by atoms with Gasteiger partial charge in [-0.2, -0.15) is 0 Å². The average Bonchev–Trinajstić information content (AvgIpc) is 3.42. The van der Waals surface area contributed by atoms with E-state index in [2.05, 4.69) is 27.7 Å². The molecule has 1 aliphatic carbocycles. The summed E-state index contributed by atoms with van der Waals surface area (Å²) in [7, 11) is 0. The van der Waals surface area contributed by atoms with E-state index in [0.717, 1.165) is 55.2 Å². The second kappa shape index (κ2) is 9.84. The number of nitrogens with zero attached hydrogens (tertiary/aromatic N) is 4. The van der Waals surface area contributed by atoms with Crippen LogP contribution in [-0.2, 0) is 16.1 Å². The first-order chi connectivity index (χ1) is 16.5. The fourth-order valence-corrected chi connectivity index (χ4v) is 6.03. The number of aromatic nitrogens is 1. The van der Waals surface area contributed by atoms with Crippen molar-refractivity contribution in [2.75, 3.05) is 32.7 Å². The van der Waals surface area contributed by atoms with Gasteiger partial charge in [0, 0.05) is 56.6 Å². The topological polar surface area (TPSA) is 85.8 Å². The molecule has 3 aliphatic rings. The third kappa shape index (κ3) is 4.72. The second-order valence-corrected chi connectivity index (χ2v) is 10.3. The largest absolute Gasteiger partial charge is 0.340 e. The molecule has 0 bridgehead atoms. The summed E-state index contributed by atoms with van der Waals surface area (Å²) in [6.07, 6.45) is 4.61. The predicted octanol–water partition coefficient (Wildman–Crippen LogP) is 3.10. The summed E-state index contributed by atoms with van der Waals surface area (Å²) in [6, 6.07) is 9.84. The lowest BCUT2D eigenvalue weighted by Crippen LogP contribution is -2.49. The lowest BCUT2D eigenvalue weighted by Gasteiger charge is -2.34. The van der Waals surface area contributed by atoms with Crippen molar-refractivity contribution in [3.63, 3.8) is 0 Å². The third-order valence-electron chi connectivity index (χ3n) is 7.19. The number of nitrogens with one attached hydrogen (secondary N) is 1. The highest BCUT2D eigenvalue weighted by atomic mass is 32.1. The van der Waals surface area contributed by atoms with E-state index in [1.54, 1.807) is 11.3 Å². The lowest BCUT2D eigenvalue weighted by atomic mass is 9.82. The van der Waals surface area contributed by atoms with Gasteiger partial charge in [0.15, 0.2) is 0 Å². The van der Waals surface area contributed by atoms with E-state index >= 15 is 0 Å². The molecule has 0 atom stereocenters. The van der Waals surface area contributed by atoms with Gasteiger partial charge in [-0.25, -0.2) is 9.78 Å². The van der Waals surface area contributed by atoms with Crippen LogP contribution in [0.5, 0.6) is 0 Å². The smallest absolute Gasteiger partial charge is 0.325 e. The number of carbonyl (C=O) groups is 3.